The molecule has 0 fully saturated rings. The van der Waals surface area contributed by atoms with E-state index in [1.807, 2.05) is 6.07 Å². The van der Waals surface area contributed by atoms with Crippen molar-refractivity contribution in [1.82, 2.24) is 4.98 Å². The van der Waals surface area contributed by atoms with Gasteiger partial charge in [-0.05, 0) is 43.3 Å². The fourth-order valence-electron chi connectivity index (χ4n) is 2.68. The number of oxazole rings is 1. The monoisotopic (exact) mass is 384 g/mol. The Morgan fingerprint density at radius 1 is 1.22 bits per heavy atom. The molecule has 7 heteroatoms. The van der Waals surface area contributed by atoms with Crippen LogP contribution in [-0.2, 0) is 10.5 Å². The van der Waals surface area contributed by atoms with Gasteiger partial charge in [-0.3, -0.25) is 9.59 Å². The molecular weight excluding hydrogens is 364 g/mol. The van der Waals surface area contributed by atoms with Gasteiger partial charge in [-0.2, -0.15) is 0 Å². The number of hydrogen-bond acceptors (Lipinski definition) is 6. The van der Waals surface area contributed by atoms with Crippen LogP contribution in [0.25, 0.3) is 11.1 Å². The molecule has 2 aromatic carbocycles. The van der Waals surface area contributed by atoms with Gasteiger partial charge >= 0.3 is 0 Å². The number of rotatable bonds is 7. The highest BCUT2D eigenvalue weighted by atomic mass is 32.2. The fraction of sp³-hybridized carbons (Fsp3) is 0.250. The van der Waals surface area contributed by atoms with E-state index in [9.17, 15) is 9.59 Å². The van der Waals surface area contributed by atoms with Gasteiger partial charge in [0.25, 0.3) is 0 Å². The number of thioether (sulfide) groups is 1. The number of ether oxygens (including phenoxy) is 1. The predicted octanol–water partition coefficient (Wildman–Crippen LogP) is 4.22. The topological polar surface area (TPSA) is 81.4 Å². The first kappa shape index (κ1) is 19.0. The largest absolute Gasteiger partial charge is 0.496 e. The summed E-state index contributed by atoms with van der Waals surface area (Å²) in [4.78, 5) is 28.0. The number of anilines is 1. The standard InChI is InChI=1S/C20H20N2O4S/c1-12(23)14-4-6-18(25-3)15(8-14)10-27-11-20(24)22-16-5-7-19-17(9-16)21-13(2)26-19/h4-9H,10-11H2,1-3H3,(H,22,24). The van der Waals surface area contributed by atoms with E-state index in [1.165, 1.54) is 18.7 Å². The molecule has 6 nitrogen and oxygen atoms in total. The smallest absolute Gasteiger partial charge is 0.234 e. The first-order valence-electron chi connectivity index (χ1n) is 8.39. The number of amides is 1. The van der Waals surface area contributed by atoms with Crippen LogP contribution in [0.1, 0.15) is 28.7 Å². The van der Waals surface area contributed by atoms with Crippen LogP contribution in [0.5, 0.6) is 5.75 Å². The number of aromatic nitrogens is 1. The number of carbonyl (C=O) groups is 2. The number of nitrogens with zero attached hydrogens (tertiary/aromatic N) is 1. The number of fused-ring (bicyclic) bond motifs is 1. The zero-order valence-corrected chi connectivity index (χ0v) is 16.2. The Kier molecular flexibility index (Phi) is 5.81. The number of methoxy groups -OCH3 is 1. The second-order valence-corrected chi connectivity index (χ2v) is 7.02. The summed E-state index contributed by atoms with van der Waals surface area (Å²) in [6.45, 7) is 3.31. The Hall–Kier alpha value is -2.80. The number of ketones is 1. The van der Waals surface area contributed by atoms with E-state index in [0.717, 1.165) is 5.56 Å². The van der Waals surface area contributed by atoms with Gasteiger partial charge in [0, 0.05) is 29.5 Å². The lowest BCUT2D eigenvalue weighted by Crippen LogP contribution is -2.14. The molecule has 140 valence electrons. The van der Waals surface area contributed by atoms with Gasteiger partial charge in [-0.25, -0.2) is 4.98 Å². The van der Waals surface area contributed by atoms with Gasteiger partial charge in [-0.1, -0.05) is 0 Å². The minimum absolute atomic E-state index is 0.000121. The van der Waals surface area contributed by atoms with Crippen molar-refractivity contribution < 1.29 is 18.7 Å². The highest BCUT2D eigenvalue weighted by Crippen LogP contribution is 2.25. The molecule has 27 heavy (non-hydrogen) atoms. The summed E-state index contributed by atoms with van der Waals surface area (Å²) in [6.07, 6.45) is 0. The van der Waals surface area contributed by atoms with Crippen LogP contribution in [0, 0.1) is 6.92 Å². The summed E-state index contributed by atoms with van der Waals surface area (Å²) >= 11 is 1.45. The van der Waals surface area contributed by atoms with Crippen LogP contribution in [0.4, 0.5) is 5.69 Å². The number of hydrogen-bond donors (Lipinski definition) is 1. The molecule has 0 saturated carbocycles. The summed E-state index contributed by atoms with van der Waals surface area (Å²) in [6, 6.07) is 10.7. The summed E-state index contributed by atoms with van der Waals surface area (Å²) < 4.78 is 10.8. The molecule has 3 rings (SSSR count). The molecule has 0 spiro atoms. The summed E-state index contributed by atoms with van der Waals surface area (Å²) in [5, 5.41) is 2.86. The van der Waals surface area contributed by atoms with E-state index in [1.54, 1.807) is 44.4 Å². The molecule has 0 aliphatic rings. The lowest BCUT2D eigenvalue weighted by Gasteiger charge is -2.10. The molecule has 0 radical (unpaired) electrons. The van der Waals surface area contributed by atoms with Crippen molar-refractivity contribution in [1.29, 1.82) is 0 Å². The van der Waals surface area contributed by atoms with Crippen molar-refractivity contribution in [2.24, 2.45) is 0 Å². The summed E-state index contributed by atoms with van der Waals surface area (Å²) in [5.74, 6) is 2.04. The number of nitrogens with one attached hydrogen (secondary N) is 1. The maximum atomic E-state index is 12.2. The van der Waals surface area contributed by atoms with Crippen LogP contribution in [0.2, 0.25) is 0 Å². The zero-order valence-electron chi connectivity index (χ0n) is 15.4. The fourth-order valence-corrected chi connectivity index (χ4v) is 3.49. The maximum absolute atomic E-state index is 12.2. The van der Waals surface area contributed by atoms with Gasteiger partial charge in [-0.15, -0.1) is 11.8 Å². The third-order valence-electron chi connectivity index (χ3n) is 3.96. The van der Waals surface area contributed by atoms with Crippen LogP contribution in [0.3, 0.4) is 0 Å². The van der Waals surface area contributed by atoms with Gasteiger partial charge in [0.2, 0.25) is 5.91 Å². The van der Waals surface area contributed by atoms with Crippen molar-refractivity contribution in [3.05, 3.63) is 53.4 Å². The lowest BCUT2D eigenvalue weighted by molar-refractivity contribution is -0.113. The molecule has 1 N–H and O–H groups in total. The van der Waals surface area contributed by atoms with Crippen molar-refractivity contribution >= 4 is 40.2 Å². The van der Waals surface area contributed by atoms with Crippen LogP contribution in [-0.4, -0.2) is 29.5 Å². The molecule has 1 heterocycles. The van der Waals surface area contributed by atoms with E-state index in [-0.39, 0.29) is 17.4 Å². The van der Waals surface area contributed by atoms with E-state index in [4.69, 9.17) is 9.15 Å². The molecule has 0 atom stereocenters. The van der Waals surface area contributed by atoms with Crippen molar-refractivity contribution in [2.45, 2.75) is 19.6 Å². The number of benzene rings is 2. The Morgan fingerprint density at radius 3 is 2.78 bits per heavy atom. The Labute approximate surface area is 161 Å². The quantitative estimate of drug-likeness (QED) is 0.614. The summed E-state index contributed by atoms with van der Waals surface area (Å²) in [7, 11) is 1.59. The van der Waals surface area contributed by atoms with Crippen LogP contribution in [0.15, 0.2) is 40.8 Å². The highest BCUT2D eigenvalue weighted by molar-refractivity contribution is 7.99. The molecule has 0 unspecified atom stereocenters. The second kappa shape index (κ2) is 8.26. The van der Waals surface area contributed by atoms with E-state index < -0.39 is 0 Å². The zero-order chi connectivity index (χ0) is 19.4. The van der Waals surface area contributed by atoms with Gasteiger partial charge < -0.3 is 14.5 Å². The van der Waals surface area contributed by atoms with Gasteiger partial charge in [0.15, 0.2) is 17.3 Å². The van der Waals surface area contributed by atoms with Crippen molar-refractivity contribution in [2.75, 3.05) is 18.2 Å². The van der Waals surface area contributed by atoms with Crippen molar-refractivity contribution in [3.63, 3.8) is 0 Å². The highest BCUT2D eigenvalue weighted by Gasteiger charge is 2.10. The van der Waals surface area contributed by atoms with Gasteiger partial charge in [0.1, 0.15) is 11.3 Å². The lowest BCUT2D eigenvalue weighted by atomic mass is 10.1. The normalized spacial score (nSPS) is 10.8. The van der Waals surface area contributed by atoms with E-state index in [0.29, 0.717) is 39.7 Å². The Balaban J connectivity index is 1.59. The average molecular weight is 384 g/mol. The third kappa shape index (κ3) is 4.68. The molecule has 1 amide bonds. The van der Waals surface area contributed by atoms with Gasteiger partial charge in [0.05, 0.1) is 12.9 Å². The predicted molar refractivity (Wildman–Crippen MR) is 107 cm³/mol. The number of carbonyl (C=O) groups excluding carboxylic acids is 2. The van der Waals surface area contributed by atoms with E-state index in [2.05, 4.69) is 10.3 Å². The molecular formula is C20H20N2O4S. The molecule has 0 aliphatic carbocycles. The molecule has 0 bridgehead atoms. The SMILES string of the molecule is COc1ccc(C(C)=O)cc1CSCC(=O)Nc1ccc2oc(C)nc2c1. The molecule has 1 aromatic heterocycles. The third-order valence-corrected chi connectivity index (χ3v) is 4.94. The first-order valence-corrected chi connectivity index (χ1v) is 9.54. The molecule has 3 aromatic rings. The second-order valence-electron chi connectivity index (χ2n) is 6.04. The summed E-state index contributed by atoms with van der Waals surface area (Å²) in [5.41, 5.74) is 3.60. The molecule has 0 saturated heterocycles. The number of Topliss-reactive ketones (excluding diaryl/α,β-unsaturated/α-hetero) is 1. The van der Waals surface area contributed by atoms with Crippen LogP contribution < -0.4 is 10.1 Å². The Morgan fingerprint density at radius 2 is 2.04 bits per heavy atom. The number of aryl methyl sites for hydroxylation is 1. The molecule has 0 aliphatic heterocycles. The van der Waals surface area contributed by atoms with Crippen molar-refractivity contribution in [3.8, 4) is 5.75 Å². The maximum Gasteiger partial charge on any atom is 0.234 e. The first-order chi connectivity index (χ1) is 13.0. The van der Waals surface area contributed by atoms with Crippen LogP contribution >= 0.6 is 11.8 Å². The average Bonchev–Trinajstić information content (AvgIpc) is 3.00. The Bertz CT molecular complexity index is 997. The van der Waals surface area contributed by atoms with E-state index >= 15 is 0 Å². The minimum Gasteiger partial charge on any atom is -0.496 e. The minimum atomic E-state index is -0.110.